The van der Waals surface area contributed by atoms with Crippen molar-refractivity contribution >= 4 is 17.3 Å². The van der Waals surface area contributed by atoms with Crippen LogP contribution in [0.1, 0.15) is 42.5 Å². The molecule has 0 saturated carbocycles. The van der Waals surface area contributed by atoms with Crippen LogP contribution in [0, 0.1) is 16.0 Å². The molecule has 1 amide bonds. The van der Waals surface area contributed by atoms with Crippen molar-refractivity contribution in [3.05, 3.63) is 33.9 Å². The third-order valence-corrected chi connectivity index (χ3v) is 5.12. The Hall–Kier alpha value is -2.15. The molecule has 136 valence electrons. The molecule has 1 aromatic rings. The van der Waals surface area contributed by atoms with E-state index in [-0.39, 0.29) is 11.6 Å². The van der Waals surface area contributed by atoms with E-state index in [2.05, 4.69) is 10.6 Å². The quantitative estimate of drug-likeness (QED) is 0.610. The zero-order chi connectivity index (χ0) is 17.6. The number of anilines is 1. The molecule has 2 aliphatic rings. The van der Waals surface area contributed by atoms with Crippen LogP contribution in [0.25, 0.3) is 0 Å². The molecule has 2 heterocycles. The second-order valence-corrected chi connectivity index (χ2v) is 6.91. The van der Waals surface area contributed by atoms with Gasteiger partial charge in [0.2, 0.25) is 0 Å². The largest absolute Gasteiger partial charge is 0.366 e. The van der Waals surface area contributed by atoms with Gasteiger partial charge >= 0.3 is 0 Å². The van der Waals surface area contributed by atoms with Gasteiger partial charge in [-0.25, -0.2) is 0 Å². The molecular formula is C18H26N4O3. The van der Waals surface area contributed by atoms with Crippen LogP contribution < -0.4 is 15.5 Å². The van der Waals surface area contributed by atoms with Crippen LogP contribution >= 0.6 is 0 Å². The fourth-order valence-corrected chi connectivity index (χ4v) is 3.70. The van der Waals surface area contributed by atoms with Gasteiger partial charge in [0.05, 0.1) is 4.92 Å². The van der Waals surface area contributed by atoms with Crippen molar-refractivity contribution < 1.29 is 9.72 Å². The fraction of sp³-hybridized carbons (Fsp3) is 0.611. The fourth-order valence-electron chi connectivity index (χ4n) is 3.70. The lowest BCUT2D eigenvalue weighted by molar-refractivity contribution is -0.384. The van der Waals surface area contributed by atoms with Crippen LogP contribution in [0.3, 0.4) is 0 Å². The first kappa shape index (κ1) is 17.7. The third kappa shape index (κ3) is 4.48. The normalized spacial score (nSPS) is 20.5. The van der Waals surface area contributed by atoms with Gasteiger partial charge < -0.3 is 15.5 Å². The maximum atomic E-state index is 12.3. The Morgan fingerprint density at radius 1 is 1.32 bits per heavy atom. The van der Waals surface area contributed by atoms with E-state index in [4.69, 9.17) is 0 Å². The van der Waals surface area contributed by atoms with Crippen LogP contribution in [-0.2, 0) is 0 Å². The summed E-state index contributed by atoms with van der Waals surface area (Å²) in [5.74, 6) is 0.362. The van der Waals surface area contributed by atoms with E-state index in [0.29, 0.717) is 23.7 Å². The molecule has 2 saturated heterocycles. The number of piperidine rings is 1. The van der Waals surface area contributed by atoms with Crippen molar-refractivity contribution in [1.82, 2.24) is 10.6 Å². The maximum absolute atomic E-state index is 12.3. The zero-order valence-electron chi connectivity index (χ0n) is 14.5. The van der Waals surface area contributed by atoms with Gasteiger partial charge in [0.1, 0.15) is 5.69 Å². The van der Waals surface area contributed by atoms with Crippen molar-refractivity contribution in [2.45, 2.75) is 32.1 Å². The lowest BCUT2D eigenvalue weighted by Crippen LogP contribution is -2.33. The highest BCUT2D eigenvalue weighted by atomic mass is 16.6. The smallest absolute Gasteiger partial charge is 0.293 e. The van der Waals surface area contributed by atoms with Gasteiger partial charge in [-0.05, 0) is 63.2 Å². The summed E-state index contributed by atoms with van der Waals surface area (Å²) in [5.41, 5.74) is 0.995. The Labute approximate surface area is 147 Å². The van der Waals surface area contributed by atoms with Crippen molar-refractivity contribution in [3.63, 3.8) is 0 Å². The highest BCUT2D eigenvalue weighted by Gasteiger charge is 2.24. The van der Waals surface area contributed by atoms with E-state index in [1.807, 2.05) is 4.90 Å². The van der Waals surface area contributed by atoms with Crippen LogP contribution in [0.4, 0.5) is 11.4 Å². The Bertz CT molecular complexity index is 623. The van der Waals surface area contributed by atoms with Gasteiger partial charge in [0.15, 0.2) is 0 Å². The van der Waals surface area contributed by atoms with Crippen LogP contribution in [0.2, 0.25) is 0 Å². The molecule has 0 aliphatic carbocycles. The average Bonchev–Trinajstić information content (AvgIpc) is 3.16. The summed E-state index contributed by atoms with van der Waals surface area (Å²) in [6, 6.07) is 4.81. The number of carbonyl (C=O) groups excluding carboxylic acids is 1. The summed E-state index contributed by atoms with van der Waals surface area (Å²) in [6.45, 7) is 4.36. The highest BCUT2D eigenvalue weighted by molar-refractivity contribution is 5.95. The minimum atomic E-state index is -0.391. The Balaban J connectivity index is 1.61. The average molecular weight is 346 g/mol. The molecular weight excluding hydrogens is 320 g/mol. The predicted molar refractivity (Wildman–Crippen MR) is 97.1 cm³/mol. The molecule has 0 spiro atoms. The first-order valence-corrected chi connectivity index (χ1v) is 9.17. The van der Waals surface area contributed by atoms with E-state index in [1.54, 1.807) is 12.1 Å². The number of nitrogens with one attached hydrogen (secondary N) is 2. The summed E-state index contributed by atoms with van der Waals surface area (Å²) in [6.07, 6.45) is 5.42. The first-order chi connectivity index (χ1) is 12.1. The molecule has 1 unspecified atom stereocenters. The number of hydrogen-bond donors (Lipinski definition) is 2. The molecule has 2 N–H and O–H groups in total. The summed E-state index contributed by atoms with van der Waals surface area (Å²) < 4.78 is 0. The number of rotatable bonds is 6. The van der Waals surface area contributed by atoms with E-state index >= 15 is 0 Å². The molecule has 7 heteroatoms. The van der Waals surface area contributed by atoms with E-state index in [9.17, 15) is 14.9 Å². The molecule has 1 atom stereocenters. The summed E-state index contributed by atoms with van der Waals surface area (Å²) >= 11 is 0. The van der Waals surface area contributed by atoms with E-state index in [1.165, 1.54) is 18.9 Å². The van der Waals surface area contributed by atoms with Crippen molar-refractivity contribution in [2.75, 3.05) is 37.6 Å². The van der Waals surface area contributed by atoms with Crippen molar-refractivity contribution in [2.24, 2.45) is 5.92 Å². The van der Waals surface area contributed by atoms with Gasteiger partial charge in [-0.2, -0.15) is 0 Å². The molecule has 25 heavy (non-hydrogen) atoms. The van der Waals surface area contributed by atoms with Crippen LogP contribution in [0.15, 0.2) is 18.2 Å². The predicted octanol–water partition coefficient (Wildman–Crippen LogP) is 2.31. The van der Waals surface area contributed by atoms with Gasteiger partial charge in [0.25, 0.3) is 11.6 Å². The third-order valence-electron chi connectivity index (χ3n) is 5.12. The highest BCUT2D eigenvalue weighted by Crippen LogP contribution is 2.31. The summed E-state index contributed by atoms with van der Waals surface area (Å²) in [7, 11) is 0. The van der Waals surface area contributed by atoms with Gasteiger partial charge in [-0.15, -0.1) is 0 Å². The second kappa shape index (κ2) is 8.29. The van der Waals surface area contributed by atoms with E-state index < -0.39 is 4.92 Å². The van der Waals surface area contributed by atoms with Gasteiger partial charge in [-0.1, -0.05) is 0 Å². The number of amides is 1. The molecule has 2 aliphatic heterocycles. The summed E-state index contributed by atoms with van der Waals surface area (Å²) in [4.78, 5) is 25.4. The maximum Gasteiger partial charge on any atom is 0.293 e. The molecule has 2 fully saturated rings. The number of hydrogen-bond acceptors (Lipinski definition) is 5. The standard InChI is InChI=1S/C18H26N4O3/c23-18(20-9-7-14-4-3-8-19-13-14)15-5-6-16(17(12-15)22(24)25)21-10-1-2-11-21/h5-6,12,14,19H,1-4,7-11,13H2,(H,20,23). The second-order valence-electron chi connectivity index (χ2n) is 6.91. The molecule has 3 rings (SSSR count). The van der Waals surface area contributed by atoms with Gasteiger partial charge in [0, 0.05) is 31.3 Å². The molecule has 0 aromatic heterocycles. The number of nitro benzene ring substituents is 1. The number of nitrogens with zero attached hydrogens (tertiary/aromatic N) is 2. The minimum absolute atomic E-state index is 0.0195. The monoisotopic (exact) mass is 346 g/mol. The number of nitro groups is 1. The topological polar surface area (TPSA) is 87.5 Å². The van der Waals surface area contributed by atoms with Gasteiger partial charge in [-0.3, -0.25) is 14.9 Å². The number of carbonyl (C=O) groups is 1. The molecule has 7 nitrogen and oxygen atoms in total. The minimum Gasteiger partial charge on any atom is -0.366 e. The molecule has 0 radical (unpaired) electrons. The zero-order valence-corrected chi connectivity index (χ0v) is 14.5. The lowest BCUT2D eigenvalue weighted by atomic mass is 9.96. The summed E-state index contributed by atoms with van der Waals surface area (Å²) in [5, 5.41) is 17.7. The van der Waals surface area contributed by atoms with Crippen molar-refractivity contribution in [3.8, 4) is 0 Å². The van der Waals surface area contributed by atoms with E-state index in [0.717, 1.165) is 45.4 Å². The first-order valence-electron chi connectivity index (χ1n) is 9.17. The van der Waals surface area contributed by atoms with Crippen molar-refractivity contribution in [1.29, 1.82) is 0 Å². The molecule has 1 aromatic carbocycles. The number of benzene rings is 1. The lowest BCUT2D eigenvalue weighted by Gasteiger charge is -2.22. The SMILES string of the molecule is O=C(NCCC1CCCNC1)c1ccc(N2CCCC2)c([N+](=O)[O-])c1. The van der Waals surface area contributed by atoms with Crippen LogP contribution in [0.5, 0.6) is 0 Å². The Kier molecular flexibility index (Phi) is 5.86. The Morgan fingerprint density at radius 2 is 2.12 bits per heavy atom. The Morgan fingerprint density at radius 3 is 2.80 bits per heavy atom. The van der Waals surface area contributed by atoms with Crippen LogP contribution in [-0.4, -0.2) is 43.6 Å². The molecule has 0 bridgehead atoms.